The zero-order valence-corrected chi connectivity index (χ0v) is 13.9. The van der Waals surface area contributed by atoms with Crippen molar-refractivity contribution in [3.8, 4) is 0 Å². The van der Waals surface area contributed by atoms with Gasteiger partial charge in [0.05, 0.1) is 18.2 Å². The van der Waals surface area contributed by atoms with Gasteiger partial charge in [0.1, 0.15) is 0 Å². The molecule has 0 radical (unpaired) electrons. The van der Waals surface area contributed by atoms with E-state index in [1.54, 1.807) is 6.92 Å². The number of allylic oxidation sites excluding steroid dienone is 1. The highest BCUT2D eigenvalue weighted by molar-refractivity contribution is 7.80. The average Bonchev–Trinajstić information content (AvgIpc) is 2.53. The number of benzene rings is 2. The molecule has 3 rings (SSSR count). The van der Waals surface area contributed by atoms with Crippen molar-refractivity contribution in [2.45, 2.75) is 19.9 Å². The fraction of sp³-hybridized carbons (Fsp3) is 0.222. The van der Waals surface area contributed by atoms with Crippen LogP contribution < -0.4 is 10.6 Å². The highest BCUT2D eigenvalue weighted by atomic mass is 32.1. The minimum Gasteiger partial charge on any atom is -0.463 e. The van der Waals surface area contributed by atoms with Crippen LogP contribution in [0, 0.1) is 0 Å². The highest BCUT2D eigenvalue weighted by Gasteiger charge is 2.30. The van der Waals surface area contributed by atoms with Crippen LogP contribution in [0.1, 0.15) is 25.5 Å². The lowest BCUT2D eigenvalue weighted by Gasteiger charge is -2.30. The van der Waals surface area contributed by atoms with E-state index < -0.39 is 0 Å². The molecule has 5 heteroatoms. The number of rotatable bonds is 3. The summed E-state index contributed by atoms with van der Waals surface area (Å²) in [5.74, 6) is -0.328. The summed E-state index contributed by atoms with van der Waals surface area (Å²) in [5, 5.41) is 8.97. The van der Waals surface area contributed by atoms with E-state index in [2.05, 4.69) is 34.9 Å². The maximum Gasteiger partial charge on any atom is 0.338 e. The standard InChI is InChI=1S/C18H18N2O2S/c1-3-22-17(21)15-11(2)19-18(23)20-16(15)14-9-8-12-6-4-5-7-13(12)10-14/h4-10,16H,3H2,1-2H3,(H2,19,20,23)/t16-/m1/s1. The van der Waals surface area contributed by atoms with Crippen LogP contribution in [0.3, 0.4) is 0 Å². The Morgan fingerprint density at radius 1 is 1.22 bits per heavy atom. The summed E-state index contributed by atoms with van der Waals surface area (Å²) in [5.41, 5.74) is 2.27. The number of fused-ring (bicyclic) bond motifs is 1. The van der Waals surface area contributed by atoms with Crippen molar-refractivity contribution in [2.75, 3.05) is 6.61 Å². The van der Waals surface area contributed by atoms with E-state index in [1.807, 2.05) is 25.1 Å². The number of thiocarbonyl (C=S) groups is 1. The molecule has 23 heavy (non-hydrogen) atoms. The predicted octanol–water partition coefficient (Wildman–Crippen LogP) is 3.20. The molecule has 0 aliphatic carbocycles. The summed E-state index contributed by atoms with van der Waals surface area (Å²) in [6.45, 7) is 3.98. The van der Waals surface area contributed by atoms with E-state index in [-0.39, 0.29) is 12.0 Å². The molecule has 0 aromatic heterocycles. The van der Waals surface area contributed by atoms with Gasteiger partial charge in [0.2, 0.25) is 0 Å². The topological polar surface area (TPSA) is 50.4 Å². The third-order valence-electron chi connectivity index (χ3n) is 3.87. The van der Waals surface area contributed by atoms with Crippen LogP contribution in [0.2, 0.25) is 0 Å². The summed E-state index contributed by atoms with van der Waals surface area (Å²) in [4.78, 5) is 12.4. The molecule has 0 saturated carbocycles. The van der Waals surface area contributed by atoms with E-state index in [9.17, 15) is 4.79 Å². The van der Waals surface area contributed by atoms with Crippen LogP contribution in [0.25, 0.3) is 10.8 Å². The van der Waals surface area contributed by atoms with Gasteiger partial charge in [-0.05, 0) is 48.5 Å². The minimum atomic E-state index is -0.328. The molecule has 118 valence electrons. The van der Waals surface area contributed by atoms with Gasteiger partial charge in [-0.15, -0.1) is 0 Å². The van der Waals surface area contributed by atoms with Gasteiger partial charge in [0.25, 0.3) is 0 Å². The van der Waals surface area contributed by atoms with Crippen LogP contribution in [-0.2, 0) is 9.53 Å². The van der Waals surface area contributed by atoms with E-state index in [4.69, 9.17) is 17.0 Å². The van der Waals surface area contributed by atoms with Crippen LogP contribution in [-0.4, -0.2) is 17.7 Å². The van der Waals surface area contributed by atoms with E-state index >= 15 is 0 Å². The SMILES string of the molecule is CCOC(=O)C1=C(C)NC(=S)N[C@@H]1c1ccc2ccccc2c1. The van der Waals surface area contributed by atoms with Crippen molar-refractivity contribution in [2.24, 2.45) is 0 Å². The van der Waals surface area contributed by atoms with Crippen molar-refractivity contribution >= 4 is 34.1 Å². The molecule has 0 bridgehead atoms. The lowest BCUT2D eigenvalue weighted by atomic mass is 9.94. The fourth-order valence-electron chi connectivity index (χ4n) is 2.81. The van der Waals surface area contributed by atoms with Gasteiger partial charge in [-0.25, -0.2) is 4.79 Å². The maximum absolute atomic E-state index is 12.4. The number of carbonyl (C=O) groups excluding carboxylic acids is 1. The number of hydrogen-bond acceptors (Lipinski definition) is 3. The van der Waals surface area contributed by atoms with Crippen molar-refractivity contribution < 1.29 is 9.53 Å². The van der Waals surface area contributed by atoms with E-state index in [1.165, 1.54) is 0 Å². The second-order valence-corrected chi connectivity index (χ2v) is 5.81. The van der Waals surface area contributed by atoms with Crippen molar-refractivity contribution in [1.29, 1.82) is 0 Å². The maximum atomic E-state index is 12.4. The first-order valence-corrected chi connectivity index (χ1v) is 7.95. The average molecular weight is 326 g/mol. The molecule has 1 heterocycles. The monoisotopic (exact) mass is 326 g/mol. The number of ether oxygens (including phenoxy) is 1. The molecule has 2 N–H and O–H groups in total. The Labute approximate surface area is 140 Å². The Hall–Kier alpha value is -2.40. The highest BCUT2D eigenvalue weighted by Crippen LogP contribution is 2.29. The smallest absolute Gasteiger partial charge is 0.338 e. The van der Waals surface area contributed by atoms with Crippen LogP contribution in [0.5, 0.6) is 0 Å². The summed E-state index contributed by atoms with van der Waals surface area (Å²) in [7, 11) is 0. The van der Waals surface area contributed by atoms with Crippen molar-refractivity contribution in [3.05, 3.63) is 59.3 Å². The van der Waals surface area contributed by atoms with Gasteiger partial charge in [-0.2, -0.15) is 0 Å². The van der Waals surface area contributed by atoms with Gasteiger partial charge in [0, 0.05) is 5.70 Å². The molecule has 0 fully saturated rings. The number of hydrogen-bond donors (Lipinski definition) is 2. The normalized spacial score (nSPS) is 17.7. The zero-order valence-electron chi connectivity index (χ0n) is 13.1. The quantitative estimate of drug-likeness (QED) is 0.670. The second-order valence-electron chi connectivity index (χ2n) is 5.40. The van der Waals surface area contributed by atoms with Gasteiger partial charge < -0.3 is 15.4 Å². The number of esters is 1. The Bertz CT molecular complexity index is 814. The van der Waals surface area contributed by atoms with E-state index in [0.29, 0.717) is 17.3 Å². The molecule has 0 saturated heterocycles. The first-order chi connectivity index (χ1) is 11.1. The zero-order chi connectivity index (χ0) is 16.4. The Morgan fingerprint density at radius 2 is 1.96 bits per heavy atom. The van der Waals surface area contributed by atoms with E-state index in [0.717, 1.165) is 22.0 Å². The lowest BCUT2D eigenvalue weighted by molar-refractivity contribution is -0.139. The minimum absolute atomic E-state index is 0.313. The summed E-state index contributed by atoms with van der Waals surface area (Å²) in [6, 6.07) is 14.0. The fourth-order valence-corrected chi connectivity index (χ4v) is 3.08. The van der Waals surface area contributed by atoms with Crippen LogP contribution in [0.4, 0.5) is 0 Å². The van der Waals surface area contributed by atoms with Gasteiger partial charge in [-0.3, -0.25) is 0 Å². The van der Waals surface area contributed by atoms with Crippen molar-refractivity contribution in [3.63, 3.8) is 0 Å². The molecule has 4 nitrogen and oxygen atoms in total. The molecule has 1 atom stereocenters. The van der Waals surface area contributed by atoms with Gasteiger partial charge >= 0.3 is 5.97 Å². The number of nitrogens with one attached hydrogen (secondary N) is 2. The molecule has 2 aromatic carbocycles. The molecule has 1 aliphatic heterocycles. The Kier molecular flexibility index (Phi) is 4.30. The largest absolute Gasteiger partial charge is 0.463 e. The molecular weight excluding hydrogens is 308 g/mol. The summed E-state index contributed by atoms with van der Waals surface area (Å²) in [6.07, 6.45) is 0. The Morgan fingerprint density at radius 3 is 2.70 bits per heavy atom. The first-order valence-electron chi connectivity index (χ1n) is 7.54. The molecule has 0 unspecified atom stereocenters. The third-order valence-corrected chi connectivity index (χ3v) is 4.09. The van der Waals surface area contributed by atoms with Crippen LogP contribution >= 0.6 is 12.2 Å². The summed E-state index contributed by atoms with van der Waals surface area (Å²) >= 11 is 5.25. The second kappa shape index (κ2) is 6.38. The third kappa shape index (κ3) is 3.05. The molecule has 2 aromatic rings. The van der Waals surface area contributed by atoms with Crippen molar-refractivity contribution in [1.82, 2.24) is 10.6 Å². The van der Waals surface area contributed by atoms with Gasteiger partial charge in [-0.1, -0.05) is 36.4 Å². The lowest BCUT2D eigenvalue weighted by Crippen LogP contribution is -2.45. The summed E-state index contributed by atoms with van der Waals surface area (Å²) < 4.78 is 5.21. The van der Waals surface area contributed by atoms with Gasteiger partial charge in [0.15, 0.2) is 5.11 Å². The molecule has 0 amide bonds. The first kappa shape index (κ1) is 15.5. The predicted molar refractivity (Wildman–Crippen MR) is 94.9 cm³/mol. The Balaban J connectivity index is 2.07. The molecule has 1 aliphatic rings. The van der Waals surface area contributed by atoms with Crippen LogP contribution in [0.15, 0.2) is 53.7 Å². The number of carbonyl (C=O) groups is 1. The molecular formula is C18H18N2O2S. The molecule has 0 spiro atoms.